The van der Waals surface area contributed by atoms with Crippen molar-refractivity contribution < 1.29 is 9.59 Å². The van der Waals surface area contributed by atoms with E-state index in [0.29, 0.717) is 17.8 Å². The van der Waals surface area contributed by atoms with Crippen LogP contribution < -0.4 is 22.1 Å². The van der Waals surface area contributed by atoms with Crippen molar-refractivity contribution in [3.63, 3.8) is 0 Å². The Labute approximate surface area is 105 Å². The van der Waals surface area contributed by atoms with Crippen LogP contribution in [0.25, 0.3) is 0 Å². The molecule has 6 nitrogen and oxygen atoms in total. The van der Waals surface area contributed by atoms with Gasteiger partial charge in [0.25, 0.3) is 0 Å². The third-order valence-corrected chi connectivity index (χ3v) is 2.18. The molecule has 0 fully saturated rings. The topological polar surface area (TPSA) is 110 Å². The summed E-state index contributed by atoms with van der Waals surface area (Å²) >= 11 is 0. The number of anilines is 2. The number of carbonyl (C=O) groups excluding carboxylic acids is 2. The number of nitrogens with two attached hydrogens (primary N) is 2. The molecule has 0 saturated carbocycles. The van der Waals surface area contributed by atoms with Gasteiger partial charge in [0, 0.05) is 11.4 Å². The van der Waals surface area contributed by atoms with E-state index in [0.717, 1.165) is 0 Å². The molecule has 96 valence electrons. The number of amides is 3. The molecule has 0 aliphatic rings. The first-order chi connectivity index (χ1) is 8.52. The summed E-state index contributed by atoms with van der Waals surface area (Å²) in [6.07, 6.45) is 2.00. The van der Waals surface area contributed by atoms with E-state index in [2.05, 4.69) is 17.2 Å². The van der Waals surface area contributed by atoms with Gasteiger partial charge in [-0.05, 0) is 30.7 Å². The van der Waals surface area contributed by atoms with Gasteiger partial charge in [-0.25, -0.2) is 4.79 Å². The molecule has 6 heteroatoms. The molecule has 1 aromatic rings. The lowest BCUT2D eigenvalue weighted by Gasteiger charge is -2.10. The second-order valence-electron chi connectivity index (χ2n) is 3.69. The molecule has 0 aromatic heterocycles. The molecule has 0 spiro atoms. The number of primary amides is 1. The average Bonchev–Trinajstić information content (AvgIpc) is 2.31. The van der Waals surface area contributed by atoms with E-state index in [4.69, 9.17) is 11.5 Å². The standard InChI is InChI=1S/C12H16N4O2/c1-2-3-10(13)11(17)15-8-4-6-9(7-5-8)16-12(14)18/h2,4-7,10H,1,3,13H2,(H,15,17)(H3,14,16,18). The minimum Gasteiger partial charge on any atom is -0.351 e. The lowest BCUT2D eigenvalue weighted by Crippen LogP contribution is -2.35. The minimum atomic E-state index is -0.639. The highest BCUT2D eigenvalue weighted by Crippen LogP contribution is 2.13. The second kappa shape index (κ2) is 6.41. The summed E-state index contributed by atoms with van der Waals surface area (Å²) in [7, 11) is 0. The Kier molecular flexibility index (Phi) is 4.89. The predicted octanol–water partition coefficient (Wildman–Crippen LogP) is 1.02. The number of hydrogen-bond donors (Lipinski definition) is 4. The highest BCUT2D eigenvalue weighted by atomic mass is 16.2. The van der Waals surface area contributed by atoms with Gasteiger partial charge in [0.05, 0.1) is 6.04 Å². The van der Waals surface area contributed by atoms with Gasteiger partial charge in [-0.2, -0.15) is 0 Å². The van der Waals surface area contributed by atoms with Gasteiger partial charge < -0.3 is 22.1 Å². The summed E-state index contributed by atoms with van der Waals surface area (Å²) in [5.74, 6) is -0.287. The van der Waals surface area contributed by atoms with Crippen molar-refractivity contribution in [1.82, 2.24) is 0 Å². The van der Waals surface area contributed by atoms with Gasteiger partial charge in [-0.15, -0.1) is 6.58 Å². The van der Waals surface area contributed by atoms with E-state index in [1.54, 1.807) is 30.3 Å². The Morgan fingerprint density at radius 2 is 1.72 bits per heavy atom. The minimum absolute atomic E-state index is 0.287. The fraction of sp³-hybridized carbons (Fsp3) is 0.167. The number of benzene rings is 1. The monoisotopic (exact) mass is 248 g/mol. The van der Waals surface area contributed by atoms with Gasteiger partial charge in [-0.3, -0.25) is 4.79 Å². The first-order valence-electron chi connectivity index (χ1n) is 5.37. The van der Waals surface area contributed by atoms with Crippen LogP contribution in [0.3, 0.4) is 0 Å². The van der Waals surface area contributed by atoms with Crippen molar-refractivity contribution >= 4 is 23.3 Å². The highest BCUT2D eigenvalue weighted by molar-refractivity contribution is 5.95. The zero-order valence-corrected chi connectivity index (χ0v) is 9.85. The van der Waals surface area contributed by atoms with Crippen LogP contribution in [0.4, 0.5) is 16.2 Å². The van der Waals surface area contributed by atoms with Crippen molar-refractivity contribution in [2.45, 2.75) is 12.5 Å². The Balaban J connectivity index is 2.60. The van der Waals surface area contributed by atoms with E-state index in [1.807, 2.05) is 0 Å². The second-order valence-corrected chi connectivity index (χ2v) is 3.69. The lowest BCUT2D eigenvalue weighted by atomic mass is 10.2. The highest BCUT2D eigenvalue weighted by Gasteiger charge is 2.11. The summed E-state index contributed by atoms with van der Waals surface area (Å²) in [5, 5.41) is 5.07. The number of hydrogen-bond acceptors (Lipinski definition) is 3. The molecule has 1 atom stereocenters. The maximum absolute atomic E-state index is 11.6. The maximum Gasteiger partial charge on any atom is 0.316 e. The first kappa shape index (κ1) is 13.7. The average molecular weight is 248 g/mol. The Morgan fingerprint density at radius 1 is 1.22 bits per heavy atom. The maximum atomic E-state index is 11.6. The molecule has 0 bridgehead atoms. The van der Waals surface area contributed by atoms with Crippen molar-refractivity contribution in [2.75, 3.05) is 10.6 Å². The number of rotatable bonds is 5. The normalized spacial score (nSPS) is 11.4. The van der Waals surface area contributed by atoms with Crippen molar-refractivity contribution in [3.8, 4) is 0 Å². The van der Waals surface area contributed by atoms with E-state index >= 15 is 0 Å². The quantitative estimate of drug-likeness (QED) is 0.584. The molecule has 0 aliphatic carbocycles. The Morgan fingerprint density at radius 3 is 2.17 bits per heavy atom. The molecule has 18 heavy (non-hydrogen) atoms. The largest absolute Gasteiger partial charge is 0.351 e. The number of urea groups is 1. The van der Waals surface area contributed by atoms with E-state index < -0.39 is 12.1 Å². The third-order valence-electron chi connectivity index (χ3n) is 2.18. The van der Waals surface area contributed by atoms with Crippen molar-refractivity contribution in [3.05, 3.63) is 36.9 Å². The molecule has 0 saturated heterocycles. The van der Waals surface area contributed by atoms with Crippen molar-refractivity contribution in [1.29, 1.82) is 0 Å². The number of nitrogens with one attached hydrogen (secondary N) is 2. The summed E-state index contributed by atoms with van der Waals surface area (Å²) < 4.78 is 0. The van der Waals surface area contributed by atoms with Crippen LogP contribution in [-0.2, 0) is 4.79 Å². The van der Waals surface area contributed by atoms with Gasteiger partial charge in [0.2, 0.25) is 5.91 Å². The Bertz CT molecular complexity index is 442. The summed E-state index contributed by atoms with van der Waals surface area (Å²) in [6, 6.07) is 5.28. The first-order valence-corrected chi connectivity index (χ1v) is 5.37. The molecule has 0 aliphatic heterocycles. The molecule has 0 radical (unpaired) electrons. The zero-order valence-electron chi connectivity index (χ0n) is 9.85. The smallest absolute Gasteiger partial charge is 0.316 e. The molecule has 1 rings (SSSR count). The SMILES string of the molecule is C=CCC(N)C(=O)Nc1ccc(NC(N)=O)cc1. The van der Waals surface area contributed by atoms with Crippen LogP contribution in [0.1, 0.15) is 6.42 Å². The molecule has 6 N–H and O–H groups in total. The molecular formula is C12H16N4O2. The van der Waals surface area contributed by atoms with Crippen LogP contribution in [0.15, 0.2) is 36.9 Å². The molecule has 1 aromatic carbocycles. The number of carbonyl (C=O) groups is 2. The van der Waals surface area contributed by atoms with Crippen LogP contribution in [0.5, 0.6) is 0 Å². The zero-order chi connectivity index (χ0) is 13.5. The molecule has 3 amide bonds. The van der Waals surface area contributed by atoms with Crippen LogP contribution in [0.2, 0.25) is 0 Å². The van der Waals surface area contributed by atoms with Crippen molar-refractivity contribution in [2.24, 2.45) is 11.5 Å². The fourth-order valence-electron chi connectivity index (χ4n) is 1.30. The van der Waals surface area contributed by atoms with E-state index in [-0.39, 0.29) is 5.91 Å². The summed E-state index contributed by atoms with van der Waals surface area (Å²) in [4.78, 5) is 22.2. The van der Waals surface area contributed by atoms with Crippen LogP contribution in [-0.4, -0.2) is 18.0 Å². The van der Waals surface area contributed by atoms with E-state index in [1.165, 1.54) is 0 Å². The molecule has 0 heterocycles. The predicted molar refractivity (Wildman–Crippen MR) is 71.1 cm³/mol. The summed E-state index contributed by atoms with van der Waals surface area (Å²) in [6.45, 7) is 3.52. The Hall–Kier alpha value is -2.34. The molecule has 1 unspecified atom stereocenters. The van der Waals surface area contributed by atoms with Gasteiger partial charge in [0.1, 0.15) is 0 Å². The van der Waals surface area contributed by atoms with Gasteiger partial charge >= 0.3 is 6.03 Å². The third kappa shape index (κ3) is 4.26. The van der Waals surface area contributed by atoms with E-state index in [9.17, 15) is 9.59 Å². The summed E-state index contributed by atoms with van der Waals surface area (Å²) in [5.41, 5.74) is 11.7. The van der Waals surface area contributed by atoms with Gasteiger partial charge in [0.15, 0.2) is 0 Å². The molecular weight excluding hydrogens is 232 g/mol. The van der Waals surface area contributed by atoms with Gasteiger partial charge in [-0.1, -0.05) is 6.08 Å². The lowest BCUT2D eigenvalue weighted by molar-refractivity contribution is -0.117. The van der Waals surface area contributed by atoms with Crippen LogP contribution >= 0.6 is 0 Å². The fourth-order valence-corrected chi connectivity index (χ4v) is 1.30. The van der Waals surface area contributed by atoms with Crippen LogP contribution in [0, 0.1) is 0 Å².